The maximum absolute atomic E-state index is 13.9. The van der Waals surface area contributed by atoms with Crippen molar-refractivity contribution in [3.05, 3.63) is 52.7 Å². The lowest BCUT2D eigenvalue weighted by Crippen LogP contribution is -2.37. The van der Waals surface area contributed by atoms with Crippen molar-refractivity contribution in [2.24, 2.45) is 0 Å². The summed E-state index contributed by atoms with van der Waals surface area (Å²) in [4.78, 5) is 4.67. The smallest absolute Gasteiger partial charge is 0.365 e. The Morgan fingerprint density at radius 1 is 1.21 bits per heavy atom. The SMILES string of the molecule is O=S(=O)(NC1CCN(c2c(F)cccc2F)C1)c1ncc(C(F)(F)F)cc1Cl. The first-order valence-electron chi connectivity index (χ1n) is 7.93. The van der Waals surface area contributed by atoms with E-state index in [1.165, 1.54) is 11.0 Å². The molecule has 3 rings (SSSR count). The predicted octanol–water partition coefficient (Wildman–Crippen LogP) is 3.59. The van der Waals surface area contributed by atoms with Gasteiger partial charge in [0.2, 0.25) is 0 Å². The molecule has 1 aliphatic rings. The van der Waals surface area contributed by atoms with Crippen LogP contribution in [0.1, 0.15) is 12.0 Å². The molecule has 1 aromatic carbocycles. The van der Waals surface area contributed by atoms with Crippen LogP contribution in [0, 0.1) is 11.6 Å². The molecule has 12 heteroatoms. The Morgan fingerprint density at radius 2 is 1.86 bits per heavy atom. The van der Waals surface area contributed by atoms with Crippen LogP contribution in [0.25, 0.3) is 0 Å². The van der Waals surface area contributed by atoms with Crippen LogP contribution in [-0.2, 0) is 16.2 Å². The van der Waals surface area contributed by atoms with Gasteiger partial charge in [-0.05, 0) is 24.6 Å². The van der Waals surface area contributed by atoms with Crippen LogP contribution in [0.2, 0.25) is 5.02 Å². The van der Waals surface area contributed by atoms with Gasteiger partial charge in [0.05, 0.1) is 10.6 Å². The van der Waals surface area contributed by atoms with E-state index in [-0.39, 0.29) is 25.2 Å². The summed E-state index contributed by atoms with van der Waals surface area (Å²) in [6.45, 7) is 0.147. The van der Waals surface area contributed by atoms with Gasteiger partial charge in [-0.2, -0.15) is 13.2 Å². The summed E-state index contributed by atoms with van der Waals surface area (Å²) < 4.78 is 92.9. The number of hydrogen-bond acceptors (Lipinski definition) is 4. The number of benzene rings is 1. The number of anilines is 1. The molecule has 0 radical (unpaired) electrons. The van der Waals surface area contributed by atoms with E-state index in [1.54, 1.807) is 0 Å². The minimum atomic E-state index is -4.72. The largest absolute Gasteiger partial charge is 0.417 e. The van der Waals surface area contributed by atoms with Crippen LogP contribution in [0.15, 0.2) is 35.5 Å². The third kappa shape index (κ3) is 4.20. The molecule has 152 valence electrons. The summed E-state index contributed by atoms with van der Waals surface area (Å²) in [7, 11) is -4.34. The molecule has 0 spiro atoms. The summed E-state index contributed by atoms with van der Waals surface area (Å²) in [6.07, 6.45) is -4.12. The molecule has 0 saturated carbocycles. The van der Waals surface area contributed by atoms with E-state index in [2.05, 4.69) is 9.71 Å². The molecule has 1 aromatic heterocycles. The fourth-order valence-electron chi connectivity index (χ4n) is 2.90. The van der Waals surface area contributed by atoms with Crippen LogP contribution < -0.4 is 9.62 Å². The molecule has 2 heterocycles. The van der Waals surface area contributed by atoms with E-state index in [1.807, 2.05) is 0 Å². The number of sulfonamides is 1. The first-order valence-corrected chi connectivity index (χ1v) is 9.79. The normalized spacial score (nSPS) is 17.9. The van der Waals surface area contributed by atoms with Crippen molar-refractivity contribution in [1.82, 2.24) is 9.71 Å². The second-order valence-electron chi connectivity index (χ2n) is 6.13. The Balaban J connectivity index is 1.77. The molecular formula is C16H13ClF5N3O2S. The molecule has 1 aliphatic heterocycles. The van der Waals surface area contributed by atoms with Gasteiger partial charge in [-0.1, -0.05) is 17.7 Å². The van der Waals surface area contributed by atoms with Crippen molar-refractivity contribution in [2.45, 2.75) is 23.7 Å². The summed E-state index contributed by atoms with van der Waals surface area (Å²) in [5, 5.41) is -1.44. The number of nitrogens with zero attached hydrogens (tertiary/aromatic N) is 2. The van der Waals surface area contributed by atoms with Crippen LogP contribution in [-0.4, -0.2) is 32.5 Å². The number of halogens is 6. The summed E-state index contributed by atoms with van der Waals surface area (Å²) in [5.41, 5.74) is -1.45. The lowest BCUT2D eigenvalue weighted by atomic mass is 10.2. The van der Waals surface area contributed by atoms with E-state index < -0.39 is 49.5 Å². The van der Waals surface area contributed by atoms with E-state index in [0.717, 1.165) is 12.1 Å². The molecule has 0 bridgehead atoms. The maximum Gasteiger partial charge on any atom is 0.417 e. The Hall–Kier alpha value is -1.98. The van der Waals surface area contributed by atoms with Gasteiger partial charge in [0.15, 0.2) is 5.03 Å². The molecule has 0 amide bonds. The van der Waals surface area contributed by atoms with Crippen molar-refractivity contribution in [1.29, 1.82) is 0 Å². The van der Waals surface area contributed by atoms with Crippen LogP contribution >= 0.6 is 11.6 Å². The number of nitrogens with one attached hydrogen (secondary N) is 1. The molecule has 2 aromatic rings. The average molecular weight is 442 g/mol. The zero-order chi connectivity index (χ0) is 20.7. The topological polar surface area (TPSA) is 62.3 Å². The Bertz CT molecular complexity index is 980. The Labute approximate surface area is 162 Å². The molecule has 5 nitrogen and oxygen atoms in total. The highest BCUT2D eigenvalue weighted by molar-refractivity contribution is 7.89. The van der Waals surface area contributed by atoms with Crippen molar-refractivity contribution < 1.29 is 30.4 Å². The third-order valence-corrected chi connectivity index (χ3v) is 6.03. The molecule has 1 atom stereocenters. The van der Waals surface area contributed by atoms with Crippen molar-refractivity contribution in [3.63, 3.8) is 0 Å². The number of hydrogen-bond donors (Lipinski definition) is 1. The fraction of sp³-hybridized carbons (Fsp3) is 0.312. The molecule has 0 aliphatic carbocycles. The summed E-state index contributed by atoms with van der Waals surface area (Å²) in [6, 6.07) is 3.12. The van der Waals surface area contributed by atoms with Gasteiger partial charge in [0.25, 0.3) is 10.0 Å². The number of para-hydroxylation sites is 1. The first kappa shape index (κ1) is 20.7. The Kier molecular flexibility index (Phi) is 5.52. The Morgan fingerprint density at radius 3 is 2.43 bits per heavy atom. The van der Waals surface area contributed by atoms with Crippen LogP contribution in [0.4, 0.5) is 27.6 Å². The first-order chi connectivity index (χ1) is 13.0. The fourth-order valence-corrected chi connectivity index (χ4v) is 4.63. The minimum Gasteiger partial charge on any atom is -0.365 e. The number of pyridine rings is 1. The van der Waals surface area contributed by atoms with Crippen molar-refractivity contribution in [2.75, 3.05) is 18.0 Å². The van der Waals surface area contributed by atoms with Gasteiger partial charge < -0.3 is 4.90 Å². The number of aromatic nitrogens is 1. The quantitative estimate of drug-likeness (QED) is 0.737. The maximum atomic E-state index is 13.9. The van der Waals surface area contributed by atoms with Crippen LogP contribution in [0.5, 0.6) is 0 Å². The zero-order valence-corrected chi connectivity index (χ0v) is 15.5. The number of alkyl halides is 3. The average Bonchev–Trinajstić information content (AvgIpc) is 3.00. The van der Waals surface area contributed by atoms with E-state index in [4.69, 9.17) is 11.6 Å². The lowest BCUT2D eigenvalue weighted by Gasteiger charge is -2.20. The molecule has 1 N–H and O–H groups in total. The van der Waals surface area contributed by atoms with Gasteiger partial charge in [-0.15, -0.1) is 0 Å². The molecule has 1 unspecified atom stereocenters. The van der Waals surface area contributed by atoms with Gasteiger partial charge >= 0.3 is 6.18 Å². The van der Waals surface area contributed by atoms with E-state index >= 15 is 0 Å². The third-order valence-electron chi connectivity index (χ3n) is 4.15. The van der Waals surface area contributed by atoms with Gasteiger partial charge in [-0.25, -0.2) is 26.9 Å². The summed E-state index contributed by atoms with van der Waals surface area (Å²) >= 11 is 5.68. The predicted molar refractivity (Wildman–Crippen MR) is 91.5 cm³/mol. The second-order valence-corrected chi connectivity index (χ2v) is 8.17. The minimum absolute atomic E-state index is 0.0324. The van der Waals surface area contributed by atoms with Crippen LogP contribution in [0.3, 0.4) is 0 Å². The van der Waals surface area contributed by atoms with E-state index in [9.17, 15) is 30.4 Å². The van der Waals surface area contributed by atoms with Crippen molar-refractivity contribution >= 4 is 27.3 Å². The standard InChI is InChI=1S/C16H13ClF5N3O2S/c17-11-6-9(16(20,21)22)7-23-15(11)28(26,27)24-10-4-5-25(8-10)14-12(18)2-1-3-13(14)19/h1-3,6-7,10,24H,4-5,8H2. The lowest BCUT2D eigenvalue weighted by molar-refractivity contribution is -0.137. The molecule has 28 heavy (non-hydrogen) atoms. The molecular weight excluding hydrogens is 429 g/mol. The van der Waals surface area contributed by atoms with Crippen molar-refractivity contribution in [3.8, 4) is 0 Å². The second kappa shape index (κ2) is 7.45. The highest BCUT2D eigenvalue weighted by Crippen LogP contribution is 2.32. The molecule has 1 saturated heterocycles. The highest BCUT2D eigenvalue weighted by Gasteiger charge is 2.35. The van der Waals surface area contributed by atoms with Gasteiger partial charge in [-0.3, -0.25) is 0 Å². The molecule has 1 fully saturated rings. The number of rotatable bonds is 4. The summed E-state index contributed by atoms with van der Waals surface area (Å²) in [5.74, 6) is -1.56. The van der Waals surface area contributed by atoms with Gasteiger partial charge in [0, 0.05) is 25.3 Å². The monoisotopic (exact) mass is 441 g/mol. The zero-order valence-electron chi connectivity index (χ0n) is 14.0. The van der Waals surface area contributed by atoms with E-state index in [0.29, 0.717) is 12.3 Å². The van der Waals surface area contributed by atoms with Gasteiger partial charge in [0.1, 0.15) is 17.3 Å². The highest BCUT2D eigenvalue weighted by atomic mass is 35.5.